The van der Waals surface area contributed by atoms with E-state index in [0.717, 1.165) is 4.78 Å². The SMILES string of the molecule is CCCCCCC[CH]([AlH2])Cc1ccccc1.F. The minimum Gasteiger partial charge on any atom is -0.269 e. The quantitative estimate of drug-likeness (QED) is 0.481. The molecule has 0 nitrogen and oxygen atoms in total. The molecule has 0 aliphatic heterocycles. The molecule has 0 bridgehead atoms. The summed E-state index contributed by atoms with van der Waals surface area (Å²) < 4.78 is 0.976. The molecule has 0 aliphatic carbocycles. The Kier molecular flexibility index (Phi) is 10.6. The predicted molar refractivity (Wildman–Crippen MR) is 78.3 cm³/mol. The van der Waals surface area contributed by atoms with Crippen LogP contribution in [0.3, 0.4) is 0 Å². The highest BCUT2D eigenvalue weighted by molar-refractivity contribution is 6.11. The maximum absolute atomic E-state index is 2.28. The van der Waals surface area contributed by atoms with E-state index in [9.17, 15) is 0 Å². The van der Waals surface area contributed by atoms with Gasteiger partial charge in [-0.25, -0.2) is 0 Å². The van der Waals surface area contributed by atoms with Crippen LogP contribution in [0, 0.1) is 0 Å². The Morgan fingerprint density at radius 1 is 1.00 bits per heavy atom. The van der Waals surface area contributed by atoms with Crippen LogP contribution in [-0.4, -0.2) is 16.3 Å². The van der Waals surface area contributed by atoms with E-state index in [1.165, 1.54) is 66.8 Å². The summed E-state index contributed by atoms with van der Waals surface area (Å²) in [5, 5.41) is 0. The number of halogens is 1. The Hall–Kier alpha value is -0.318. The van der Waals surface area contributed by atoms with Crippen LogP contribution in [0.1, 0.15) is 51.0 Å². The first-order chi connectivity index (χ1) is 7.83. The number of hydrogen-bond acceptors (Lipinski definition) is 0. The van der Waals surface area contributed by atoms with Gasteiger partial charge in [-0.05, 0) is 12.0 Å². The van der Waals surface area contributed by atoms with Gasteiger partial charge in [0.2, 0.25) is 16.3 Å². The number of rotatable bonds is 8. The Labute approximate surface area is 114 Å². The van der Waals surface area contributed by atoms with Gasteiger partial charge in [-0.2, -0.15) is 0 Å². The van der Waals surface area contributed by atoms with E-state index < -0.39 is 0 Å². The second-order valence-corrected chi connectivity index (χ2v) is 6.63. The summed E-state index contributed by atoms with van der Waals surface area (Å²) in [7, 11) is 0. The summed E-state index contributed by atoms with van der Waals surface area (Å²) in [6, 6.07) is 11.0. The summed E-state index contributed by atoms with van der Waals surface area (Å²) >= 11 is 1.34. The molecule has 96 valence electrons. The van der Waals surface area contributed by atoms with Gasteiger partial charge in [0.05, 0.1) is 0 Å². The summed E-state index contributed by atoms with van der Waals surface area (Å²) in [6.45, 7) is 2.28. The van der Waals surface area contributed by atoms with Gasteiger partial charge in [-0.15, -0.1) is 0 Å². The Morgan fingerprint density at radius 2 is 1.65 bits per heavy atom. The van der Waals surface area contributed by atoms with Crippen LogP contribution < -0.4 is 0 Å². The molecule has 0 N–H and O–H groups in total. The number of hydrogen-bond donors (Lipinski definition) is 0. The van der Waals surface area contributed by atoms with Crippen molar-refractivity contribution in [1.82, 2.24) is 0 Å². The van der Waals surface area contributed by atoms with Crippen molar-refractivity contribution in [1.29, 1.82) is 0 Å². The molecule has 1 aromatic rings. The van der Waals surface area contributed by atoms with E-state index in [1.807, 2.05) is 0 Å². The van der Waals surface area contributed by atoms with E-state index >= 15 is 0 Å². The van der Waals surface area contributed by atoms with Crippen molar-refractivity contribution in [2.24, 2.45) is 0 Å². The minimum atomic E-state index is 0. The van der Waals surface area contributed by atoms with Gasteiger partial charge < -0.3 is 0 Å². The van der Waals surface area contributed by atoms with Gasteiger partial charge >= 0.3 is 0 Å². The lowest BCUT2D eigenvalue weighted by Gasteiger charge is -2.11. The molecule has 1 rings (SSSR count). The fourth-order valence-electron chi connectivity index (χ4n) is 2.21. The predicted octanol–water partition coefficient (Wildman–Crippen LogP) is 4.16. The second kappa shape index (κ2) is 10.8. The zero-order chi connectivity index (χ0) is 11.6. The van der Waals surface area contributed by atoms with Crippen LogP contribution in [0.4, 0.5) is 4.70 Å². The van der Waals surface area contributed by atoms with Crippen molar-refractivity contribution in [3.63, 3.8) is 0 Å². The second-order valence-electron chi connectivity index (χ2n) is 5.00. The first-order valence-corrected chi connectivity index (χ1v) is 8.02. The summed E-state index contributed by atoms with van der Waals surface area (Å²) in [6.07, 6.45) is 9.86. The number of unbranched alkanes of at least 4 members (excludes halogenated alkanes) is 4. The third-order valence-electron chi connectivity index (χ3n) is 3.23. The van der Waals surface area contributed by atoms with Crippen LogP contribution in [0.25, 0.3) is 0 Å². The average molecular weight is 252 g/mol. The molecular weight excluding hydrogens is 226 g/mol. The fraction of sp³-hybridized carbons (Fsp3) is 0.600. The van der Waals surface area contributed by atoms with Gasteiger partial charge in [-0.1, -0.05) is 80.6 Å². The first-order valence-electron chi connectivity index (χ1n) is 6.87. The summed E-state index contributed by atoms with van der Waals surface area (Å²) in [4.78, 5) is 0. The highest BCUT2D eigenvalue weighted by Gasteiger charge is 2.03. The molecule has 0 fully saturated rings. The highest BCUT2D eigenvalue weighted by Crippen LogP contribution is 2.18. The van der Waals surface area contributed by atoms with Crippen LogP contribution in [0.15, 0.2) is 30.3 Å². The summed E-state index contributed by atoms with van der Waals surface area (Å²) in [5.41, 5.74) is 1.52. The highest BCUT2D eigenvalue weighted by atomic mass is 27.0. The van der Waals surface area contributed by atoms with Gasteiger partial charge in [0.25, 0.3) is 0 Å². The molecule has 17 heavy (non-hydrogen) atoms. The standard InChI is InChI=1S/C15H23.Al.FH.2H/c1-2-3-4-5-6-7-9-12-15-13-10-8-11-14-15;;;;/h8-11,13-14H,2-7,12H2,1H3;;1H;;. The molecule has 1 aromatic carbocycles. The van der Waals surface area contributed by atoms with Crippen LogP contribution in [0.5, 0.6) is 0 Å². The van der Waals surface area contributed by atoms with Crippen LogP contribution >= 0.6 is 0 Å². The van der Waals surface area contributed by atoms with Crippen molar-refractivity contribution in [2.75, 3.05) is 0 Å². The maximum Gasteiger partial charge on any atom is 0.216 e. The zero-order valence-electron chi connectivity index (χ0n) is 11.3. The summed E-state index contributed by atoms with van der Waals surface area (Å²) in [5.74, 6) is 0. The van der Waals surface area contributed by atoms with Crippen molar-refractivity contribution in [3.05, 3.63) is 35.9 Å². The molecule has 2 heteroatoms. The van der Waals surface area contributed by atoms with E-state index in [-0.39, 0.29) is 4.70 Å². The zero-order valence-corrected chi connectivity index (χ0v) is 13.3. The minimum absolute atomic E-state index is 0. The van der Waals surface area contributed by atoms with Crippen LogP contribution in [-0.2, 0) is 6.42 Å². The van der Waals surface area contributed by atoms with Crippen LogP contribution in [0.2, 0.25) is 4.78 Å². The number of benzene rings is 1. The normalized spacial score (nSPS) is 11.8. The molecule has 0 amide bonds. The lowest BCUT2D eigenvalue weighted by Crippen LogP contribution is -1.97. The Balaban J connectivity index is 0.00000256. The molecule has 0 saturated carbocycles. The van der Waals surface area contributed by atoms with E-state index in [1.54, 1.807) is 0 Å². The van der Waals surface area contributed by atoms with Crippen molar-refractivity contribution in [3.8, 4) is 0 Å². The average Bonchev–Trinajstić information content (AvgIpc) is 2.30. The molecule has 0 saturated heterocycles. The van der Waals surface area contributed by atoms with Gasteiger partial charge in [0.15, 0.2) is 0 Å². The lowest BCUT2D eigenvalue weighted by atomic mass is 10.0. The fourth-order valence-corrected chi connectivity index (χ4v) is 3.09. The van der Waals surface area contributed by atoms with E-state index in [2.05, 4.69) is 37.3 Å². The topological polar surface area (TPSA) is 0 Å². The van der Waals surface area contributed by atoms with E-state index in [0.29, 0.717) is 0 Å². The molecule has 0 aromatic heterocycles. The maximum atomic E-state index is 2.28. The van der Waals surface area contributed by atoms with Crippen molar-refractivity contribution in [2.45, 2.75) is 56.6 Å². The van der Waals surface area contributed by atoms with Crippen molar-refractivity contribution >= 4 is 16.3 Å². The molecule has 0 aliphatic rings. The van der Waals surface area contributed by atoms with E-state index in [4.69, 9.17) is 0 Å². The molecule has 0 heterocycles. The molecule has 1 unspecified atom stereocenters. The van der Waals surface area contributed by atoms with Crippen molar-refractivity contribution < 1.29 is 4.70 Å². The molecular formula is C15H26AlF. The van der Waals surface area contributed by atoms with Gasteiger partial charge in [0, 0.05) is 0 Å². The molecule has 1 atom stereocenters. The first kappa shape index (κ1) is 16.7. The Morgan fingerprint density at radius 3 is 2.29 bits per heavy atom. The Bertz CT molecular complexity index is 261. The largest absolute Gasteiger partial charge is 0.269 e. The monoisotopic (exact) mass is 252 g/mol. The smallest absolute Gasteiger partial charge is 0.216 e. The van der Waals surface area contributed by atoms with Gasteiger partial charge in [-0.3, -0.25) is 4.70 Å². The molecule has 0 radical (unpaired) electrons. The van der Waals surface area contributed by atoms with Gasteiger partial charge in [0.1, 0.15) is 0 Å². The lowest BCUT2D eigenvalue weighted by molar-refractivity contribution is 0.589. The molecule has 0 spiro atoms. The third kappa shape index (κ3) is 8.41. The third-order valence-corrected chi connectivity index (χ3v) is 4.21.